The van der Waals surface area contributed by atoms with E-state index in [2.05, 4.69) is 4.84 Å². The Morgan fingerprint density at radius 2 is 2.24 bits per heavy atom. The van der Waals surface area contributed by atoms with Gasteiger partial charge in [-0.05, 0) is 28.7 Å². The quantitative estimate of drug-likeness (QED) is 0.477. The first-order valence-corrected chi connectivity index (χ1v) is 6.15. The highest BCUT2D eigenvalue weighted by molar-refractivity contribution is 14.1. The van der Waals surface area contributed by atoms with E-state index in [1.165, 1.54) is 0 Å². The van der Waals surface area contributed by atoms with Crippen LogP contribution in [0.4, 0.5) is 13.2 Å². The maximum absolute atomic E-state index is 12.6. The minimum atomic E-state index is -4.58. The summed E-state index contributed by atoms with van der Waals surface area (Å²) >= 11 is 2.42. The van der Waals surface area contributed by atoms with Crippen molar-refractivity contribution >= 4 is 39.8 Å². The molecule has 0 aromatic carbocycles. The lowest BCUT2D eigenvalue weighted by atomic mass is 10.2. The molecule has 4 nitrogen and oxygen atoms in total. The summed E-state index contributed by atoms with van der Waals surface area (Å²) in [7, 11) is 0. The van der Waals surface area contributed by atoms with Crippen LogP contribution in [0, 0.1) is 2.88 Å². The lowest BCUT2D eigenvalue weighted by molar-refractivity contribution is -0.137. The number of carbonyl (C=O) groups is 1. The number of rotatable bonds is 4. The normalized spacial score (nSPS) is 11.6. The highest BCUT2D eigenvalue weighted by atomic mass is 127. The summed E-state index contributed by atoms with van der Waals surface area (Å²) in [6, 6.07) is 0.895. The molecule has 0 atom stereocenters. The van der Waals surface area contributed by atoms with Crippen molar-refractivity contribution in [1.29, 1.82) is 0 Å². The molecule has 0 saturated heterocycles. The Morgan fingerprint density at radius 3 is 2.76 bits per heavy atom. The lowest BCUT2D eigenvalue weighted by Crippen LogP contribution is -2.26. The third-order valence-corrected chi connectivity index (χ3v) is 3.47. The molecule has 0 aliphatic heterocycles. The van der Waals surface area contributed by atoms with Crippen molar-refractivity contribution in [2.75, 3.05) is 13.2 Å². The average Bonchev–Trinajstić information content (AvgIpc) is 2.60. The van der Waals surface area contributed by atoms with E-state index in [9.17, 15) is 18.0 Å². The van der Waals surface area contributed by atoms with E-state index in [-0.39, 0.29) is 13.2 Å². The van der Waals surface area contributed by atoms with Gasteiger partial charge in [0, 0.05) is 0 Å². The molecule has 1 aromatic heterocycles. The van der Waals surface area contributed by atoms with Crippen LogP contribution < -0.4 is 5.48 Å². The molecule has 0 fully saturated rings. The van der Waals surface area contributed by atoms with Crippen LogP contribution in [0.25, 0.3) is 0 Å². The zero-order valence-corrected chi connectivity index (χ0v) is 11.1. The number of nitrogens with one attached hydrogen (secondary N) is 1. The van der Waals surface area contributed by atoms with Crippen LogP contribution in [0.3, 0.4) is 0 Å². The third-order valence-electron chi connectivity index (χ3n) is 1.57. The summed E-state index contributed by atoms with van der Waals surface area (Å²) in [5, 5.41) is 8.38. The van der Waals surface area contributed by atoms with Gasteiger partial charge in [0.1, 0.15) is 4.88 Å². The van der Waals surface area contributed by atoms with Gasteiger partial charge in [-0.3, -0.25) is 9.63 Å². The van der Waals surface area contributed by atoms with Gasteiger partial charge in [-0.15, -0.1) is 11.3 Å². The predicted molar refractivity (Wildman–Crippen MR) is 62.5 cm³/mol. The van der Waals surface area contributed by atoms with Gasteiger partial charge in [0.05, 0.1) is 21.7 Å². The molecule has 0 unspecified atom stereocenters. The van der Waals surface area contributed by atoms with E-state index in [1.54, 1.807) is 22.6 Å². The van der Waals surface area contributed by atoms with E-state index in [0.717, 1.165) is 17.4 Å². The van der Waals surface area contributed by atoms with Crippen molar-refractivity contribution in [3.8, 4) is 0 Å². The van der Waals surface area contributed by atoms with Crippen molar-refractivity contribution in [2.45, 2.75) is 6.18 Å². The Hall–Kier alpha value is -0.390. The number of aliphatic hydroxyl groups excluding tert-OH is 1. The van der Waals surface area contributed by atoms with Crippen LogP contribution in [-0.4, -0.2) is 24.2 Å². The first kappa shape index (κ1) is 14.7. The molecule has 0 radical (unpaired) electrons. The van der Waals surface area contributed by atoms with Crippen LogP contribution >= 0.6 is 33.9 Å². The minimum absolute atomic E-state index is 0.185. The van der Waals surface area contributed by atoms with E-state index < -0.39 is 22.5 Å². The molecule has 0 aliphatic carbocycles. The number of hydrogen-bond donors (Lipinski definition) is 2. The first-order chi connectivity index (χ1) is 7.86. The van der Waals surface area contributed by atoms with Crippen LogP contribution in [0.1, 0.15) is 15.2 Å². The predicted octanol–water partition coefficient (Wildman–Crippen LogP) is 2.03. The van der Waals surface area contributed by atoms with E-state index in [0.29, 0.717) is 2.88 Å². The number of amides is 1. The fraction of sp³-hybridized carbons (Fsp3) is 0.375. The van der Waals surface area contributed by atoms with Crippen LogP contribution in [-0.2, 0) is 11.0 Å². The van der Waals surface area contributed by atoms with E-state index in [4.69, 9.17) is 5.11 Å². The molecule has 1 rings (SSSR count). The van der Waals surface area contributed by atoms with E-state index in [1.807, 2.05) is 5.48 Å². The van der Waals surface area contributed by atoms with Crippen molar-refractivity contribution in [1.82, 2.24) is 5.48 Å². The molecule has 1 amide bonds. The van der Waals surface area contributed by atoms with Crippen molar-refractivity contribution in [3.05, 3.63) is 19.4 Å². The second kappa shape index (κ2) is 5.98. The van der Waals surface area contributed by atoms with Gasteiger partial charge < -0.3 is 5.11 Å². The molecule has 17 heavy (non-hydrogen) atoms. The van der Waals surface area contributed by atoms with Crippen molar-refractivity contribution in [2.24, 2.45) is 0 Å². The maximum Gasteiger partial charge on any atom is 0.418 e. The molecular formula is C8H7F3INO3S. The van der Waals surface area contributed by atoms with Crippen LogP contribution in [0.5, 0.6) is 0 Å². The average molecular weight is 381 g/mol. The zero-order chi connectivity index (χ0) is 13.1. The number of halogens is 4. The Balaban J connectivity index is 2.86. The molecule has 1 heterocycles. The molecule has 2 N–H and O–H groups in total. The molecule has 96 valence electrons. The molecule has 0 saturated carbocycles. The molecule has 1 aromatic rings. The van der Waals surface area contributed by atoms with Gasteiger partial charge in [0.2, 0.25) is 0 Å². The number of aliphatic hydroxyl groups is 1. The standard InChI is InChI=1S/C8H7F3INO3S/c9-8(10,11)4-3-5(12)17-6(4)7(15)13-16-2-1-14/h3,14H,1-2H2,(H,13,15). The van der Waals surface area contributed by atoms with Crippen molar-refractivity contribution in [3.63, 3.8) is 0 Å². The highest BCUT2D eigenvalue weighted by Gasteiger charge is 2.37. The Morgan fingerprint density at radius 1 is 1.59 bits per heavy atom. The summed E-state index contributed by atoms with van der Waals surface area (Å²) in [5.41, 5.74) is 0.845. The first-order valence-electron chi connectivity index (χ1n) is 4.25. The summed E-state index contributed by atoms with van der Waals surface area (Å²) in [4.78, 5) is 15.4. The summed E-state index contributed by atoms with van der Waals surface area (Å²) in [6.45, 7) is -0.524. The summed E-state index contributed by atoms with van der Waals surface area (Å²) < 4.78 is 38.0. The monoisotopic (exact) mass is 381 g/mol. The smallest absolute Gasteiger partial charge is 0.394 e. The maximum atomic E-state index is 12.6. The van der Waals surface area contributed by atoms with Gasteiger partial charge >= 0.3 is 6.18 Å². The molecule has 0 aliphatic rings. The number of hydroxylamine groups is 1. The van der Waals surface area contributed by atoms with Gasteiger partial charge in [0.15, 0.2) is 0 Å². The number of thiophene rings is 1. The number of alkyl halides is 3. The minimum Gasteiger partial charge on any atom is -0.394 e. The molecular weight excluding hydrogens is 374 g/mol. The van der Waals surface area contributed by atoms with Crippen LogP contribution in [0.15, 0.2) is 6.07 Å². The topological polar surface area (TPSA) is 58.6 Å². The highest BCUT2D eigenvalue weighted by Crippen LogP contribution is 2.37. The summed E-state index contributed by atoms with van der Waals surface area (Å²) in [6.07, 6.45) is -4.58. The third kappa shape index (κ3) is 4.08. The van der Waals surface area contributed by atoms with Gasteiger partial charge in [-0.25, -0.2) is 5.48 Å². The largest absolute Gasteiger partial charge is 0.418 e. The fourth-order valence-electron chi connectivity index (χ4n) is 0.949. The Kier molecular flexibility index (Phi) is 5.16. The van der Waals surface area contributed by atoms with Gasteiger partial charge in [-0.2, -0.15) is 13.2 Å². The van der Waals surface area contributed by atoms with Crippen LogP contribution in [0.2, 0.25) is 0 Å². The summed E-state index contributed by atoms with van der Waals surface area (Å²) in [5.74, 6) is -0.973. The van der Waals surface area contributed by atoms with Gasteiger partial charge in [0.25, 0.3) is 5.91 Å². The van der Waals surface area contributed by atoms with Crippen molar-refractivity contribution < 1.29 is 27.9 Å². The number of carbonyl (C=O) groups excluding carboxylic acids is 1. The number of hydrogen-bond acceptors (Lipinski definition) is 4. The molecule has 0 spiro atoms. The Labute approximate surface area is 112 Å². The Bertz CT molecular complexity index is 407. The second-order valence-electron chi connectivity index (χ2n) is 2.79. The van der Waals surface area contributed by atoms with E-state index >= 15 is 0 Å². The fourth-order valence-corrected chi connectivity index (χ4v) is 2.71. The molecule has 9 heteroatoms. The lowest BCUT2D eigenvalue weighted by Gasteiger charge is -2.07. The molecule has 0 bridgehead atoms. The SMILES string of the molecule is O=C(NOCCO)c1sc(I)cc1C(F)(F)F. The second-order valence-corrected chi connectivity index (χ2v) is 5.74. The zero-order valence-electron chi connectivity index (χ0n) is 8.18. The van der Waals surface area contributed by atoms with Gasteiger partial charge in [-0.1, -0.05) is 0 Å².